The van der Waals surface area contributed by atoms with Gasteiger partial charge in [0.1, 0.15) is 0 Å². The first-order chi connectivity index (χ1) is 7.03. The first-order valence-corrected chi connectivity index (χ1v) is 6.45. The Morgan fingerprint density at radius 3 is 2.67 bits per heavy atom. The summed E-state index contributed by atoms with van der Waals surface area (Å²) in [6.45, 7) is 7.38. The van der Waals surface area contributed by atoms with Crippen LogP contribution in [0.5, 0.6) is 0 Å². The van der Waals surface area contributed by atoms with Gasteiger partial charge >= 0.3 is 0 Å². The number of aliphatic hydroxyl groups is 1. The molecule has 2 aliphatic rings. The van der Waals surface area contributed by atoms with Gasteiger partial charge in [-0.1, -0.05) is 26.7 Å². The number of aliphatic hydroxyl groups excluding tert-OH is 1. The average molecular weight is 211 g/mol. The third-order valence-electron chi connectivity index (χ3n) is 4.64. The second-order valence-electron chi connectivity index (χ2n) is 6.11. The van der Waals surface area contributed by atoms with Crippen LogP contribution in [0.4, 0.5) is 0 Å². The predicted octanol–water partition coefficient (Wildman–Crippen LogP) is 2.17. The Hall–Kier alpha value is -0.0800. The molecule has 0 heterocycles. The van der Waals surface area contributed by atoms with Crippen molar-refractivity contribution >= 4 is 0 Å². The third-order valence-corrected chi connectivity index (χ3v) is 4.64. The van der Waals surface area contributed by atoms with Gasteiger partial charge in [-0.25, -0.2) is 0 Å². The summed E-state index contributed by atoms with van der Waals surface area (Å²) in [4.78, 5) is 0. The van der Waals surface area contributed by atoms with Gasteiger partial charge in [0, 0.05) is 12.6 Å². The Morgan fingerprint density at radius 1 is 1.33 bits per heavy atom. The first-order valence-electron chi connectivity index (χ1n) is 6.45. The molecule has 0 aromatic carbocycles. The van der Waals surface area contributed by atoms with E-state index in [2.05, 4.69) is 19.2 Å². The molecular formula is C13H25NO. The maximum atomic E-state index is 9.32. The molecule has 2 fully saturated rings. The van der Waals surface area contributed by atoms with Crippen LogP contribution in [-0.4, -0.2) is 23.8 Å². The Balaban J connectivity index is 1.93. The zero-order valence-corrected chi connectivity index (χ0v) is 10.3. The molecule has 0 radical (unpaired) electrons. The summed E-state index contributed by atoms with van der Waals surface area (Å²) in [5.74, 6) is 1.81. The molecule has 2 nitrogen and oxygen atoms in total. The Kier molecular flexibility index (Phi) is 3.09. The highest BCUT2D eigenvalue weighted by Gasteiger charge is 2.55. The lowest BCUT2D eigenvalue weighted by Gasteiger charge is -2.61. The maximum absolute atomic E-state index is 9.32. The van der Waals surface area contributed by atoms with Crippen molar-refractivity contribution in [3.63, 3.8) is 0 Å². The summed E-state index contributed by atoms with van der Waals surface area (Å²) in [7, 11) is 0. The molecule has 2 N–H and O–H groups in total. The van der Waals surface area contributed by atoms with Gasteiger partial charge in [-0.15, -0.1) is 0 Å². The van der Waals surface area contributed by atoms with Gasteiger partial charge in [0.15, 0.2) is 0 Å². The van der Waals surface area contributed by atoms with Crippen LogP contribution in [0.25, 0.3) is 0 Å². The van der Waals surface area contributed by atoms with Gasteiger partial charge in [-0.2, -0.15) is 0 Å². The van der Waals surface area contributed by atoms with Crippen molar-refractivity contribution in [3.05, 3.63) is 0 Å². The highest BCUT2D eigenvalue weighted by Crippen LogP contribution is 2.57. The lowest BCUT2D eigenvalue weighted by Crippen LogP contribution is -2.65. The van der Waals surface area contributed by atoms with Gasteiger partial charge in [0.05, 0.1) is 6.10 Å². The molecule has 0 spiro atoms. The van der Waals surface area contributed by atoms with Crippen LogP contribution in [0.2, 0.25) is 0 Å². The zero-order chi connectivity index (χ0) is 11.1. The second kappa shape index (κ2) is 4.06. The molecule has 88 valence electrons. The van der Waals surface area contributed by atoms with Crippen LogP contribution in [0, 0.1) is 17.3 Å². The van der Waals surface area contributed by atoms with Crippen LogP contribution in [0.15, 0.2) is 0 Å². The Morgan fingerprint density at radius 2 is 2.00 bits per heavy atom. The van der Waals surface area contributed by atoms with E-state index in [-0.39, 0.29) is 6.10 Å². The van der Waals surface area contributed by atoms with Gasteiger partial charge in [-0.3, -0.25) is 0 Å². The molecule has 0 bridgehead atoms. The monoisotopic (exact) mass is 211 g/mol. The average Bonchev–Trinajstić information content (AvgIpc) is 2.17. The Labute approximate surface area is 93.5 Å². The summed E-state index contributed by atoms with van der Waals surface area (Å²) in [6, 6.07) is 0.636. The molecule has 2 heteroatoms. The predicted molar refractivity (Wildman–Crippen MR) is 62.7 cm³/mol. The fourth-order valence-electron chi connectivity index (χ4n) is 3.86. The second-order valence-corrected chi connectivity index (χ2v) is 6.11. The zero-order valence-electron chi connectivity index (χ0n) is 10.3. The van der Waals surface area contributed by atoms with Gasteiger partial charge in [0.2, 0.25) is 0 Å². The largest absolute Gasteiger partial charge is 0.392 e. The van der Waals surface area contributed by atoms with Gasteiger partial charge in [0.25, 0.3) is 0 Å². The quantitative estimate of drug-likeness (QED) is 0.750. The SMILES string of the molecule is C[C@@H](O)CNC1[C@@H]2CCCC[C@@H]2C1(C)C. The third kappa shape index (κ3) is 1.94. The van der Waals surface area contributed by atoms with Crippen molar-refractivity contribution in [3.8, 4) is 0 Å². The highest BCUT2D eigenvalue weighted by molar-refractivity contribution is 5.08. The van der Waals surface area contributed by atoms with Crippen LogP contribution < -0.4 is 5.32 Å². The highest BCUT2D eigenvalue weighted by atomic mass is 16.3. The van der Waals surface area contributed by atoms with E-state index in [4.69, 9.17) is 0 Å². The Bertz CT molecular complexity index is 225. The van der Waals surface area contributed by atoms with E-state index in [1.54, 1.807) is 0 Å². The fraction of sp³-hybridized carbons (Fsp3) is 1.00. The van der Waals surface area contributed by atoms with E-state index in [0.717, 1.165) is 18.4 Å². The van der Waals surface area contributed by atoms with E-state index in [9.17, 15) is 5.11 Å². The molecular weight excluding hydrogens is 186 g/mol. The summed E-state index contributed by atoms with van der Waals surface area (Å²) < 4.78 is 0. The van der Waals surface area contributed by atoms with Crippen molar-refractivity contribution in [2.24, 2.45) is 17.3 Å². The van der Waals surface area contributed by atoms with E-state index in [0.29, 0.717) is 11.5 Å². The van der Waals surface area contributed by atoms with Gasteiger partial charge in [-0.05, 0) is 37.0 Å². The molecule has 0 aromatic rings. The minimum absolute atomic E-state index is 0.219. The number of hydrogen-bond donors (Lipinski definition) is 2. The van der Waals surface area contributed by atoms with E-state index >= 15 is 0 Å². The standard InChI is InChI=1S/C13H25NO/c1-9(15)8-14-12-10-6-4-5-7-11(10)13(12,2)3/h9-12,14-15H,4-8H2,1-3H3/t9-,10-,11+,12?/m1/s1. The van der Waals surface area contributed by atoms with Crippen LogP contribution >= 0.6 is 0 Å². The molecule has 15 heavy (non-hydrogen) atoms. The minimum atomic E-state index is -0.219. The van der Waals surface area contributed by atoms with E-state index in [1.165, 1.54) is 25.7 Å². The van der Waals surface area contributed by atoms with Crippen molar-refractivity contribution in [2.45, 2.75) is 58.6 Å². The van der Waals surface area contributed by atoms with E-state index in [1.807, 2.05) is 6.92 Å². The first kappa shape index (κ1) is 11.4. The van der Waals surface area contributed by atoms with Gasteiger partial charge < -0.3 is 10.4 Å². The smallest absolute Gasteiger partial charge is 0.0636 e. The normalized spacial score (nSPS) is 40.4. The molecule has 0 saturated heterocycles. The number of rotatable bonds is 3. The minimum Gasteiger partial charge on any atom is -0.392 e. The maximum Gasteiger partial charge on any atom is 0.0636 e. The molecule has 4 atom stereocenters. The molecule has 2 saturated carbocycles. The van der Waals surface area contributed by atoms with Crippen LogP contribution in [0.3, 0.4) is 0 Å². The molecule has 0 amide bonds. The molecule has 0 aliphatic heterocycles. The summed E-state index contributed by atoms with van der Waals surface area (Å²) in [6.07, 6.45) is 5.43. The molecule has 2 aliphatic carbocycles. The van der Waals surface area contributed by atoms with Crippen molar-refractivity contribution in [2.75, 3.05) is 6.54 Å². The van der Waals surface area contributed by atoms with Crippen LogP contribution in [0.1, 0.15) is 46.5 Å². The molecule has 1 unspecified atom stereocenters. The fourth-order valence-corrected chi connectivity index (χ4v) is 3.86. The number of fused-ring (bicyclic) bond motifs is 1. The van der Waals surface area contributed by atoms with Crippen molar-refractivity contribution in [1.29, 1.82) is 0 Å². The number of hydrogen-bond acceptors (Lipinski definition) is 2. The van der Waals surface area contributed by atoms with E-state index < -0.39 is 0 Å². The van der Waals surface area contributed by atoms with Crippen LogP contribution in [-0.2, 0) is 0 Å². The topological polar surface area (TPSA) is 32.3 Å². The number of nitrogens with one attached hydrogen (secondary N) is 1. The summed E-state index contributed by atoms with van der Waals surface area (Å²) in [5, 5.41) is 12.9. The van der Waals surface area contributed by atoms with Crippen molar-refractivity contribution < 1.29 is 5.11 Å². The summed E-state index contributed by atoms with van der Waals surface area (Å²) in [5.41, 5.74) is 0.444. The molecule has 2 rings (SSSR count). The lowest BCUT2D eigenvalue weighted by molar-refractivity contribution is -0.0898. The summed E-state index contributed by atoms with van der Waals surface area (Å²) >= 11 is 0. The molecule has 0 aromatic heterocycles. The lowest BCUT2D eigenvalue weighted by atomic mass is 9.48. The van der Waals surface area contributed by atoms with Crippen molar-refractivity contribution in [1.82, 2.24) is 5.32 Å².